The Morgan fingerprint density at radius 2 is 1.97 bits per heavy atom. The van der Waals surface area contributed by atoms with Crippen LogP contribution < -0.4 is 5.32 Å². The molecule has 1 amide bonds. The maximum absolute atomic E-state index is 14.6. The van der Waals surface area contributed by atoms with Crippen LogP contribution in [0.2, 0.25) is 0 Å². The van der Waals surface area contributed by atoms with Gasteiger partial charge in [0.05, 0.1) is 23.9 Å². The zero-order valence-corrected chi connectivity index (χ0v) is 18.0. The third-order valence-corrected chi connectivity index (χ3v) is 5.75. The van der Waals surface area contributed by atoms with E-state index in [-0.39, 0.29) is 50.5 Å². The summed E-state index contributed by atoms with van der Waals surface area (Å²) in [5.41, 5.74) is 1.90. The smallest absolute Gasteiger partial charge is 0.413 e. The molecule has 2 fully saturated rings. The molecule has 0 radical (unpaired) electrons. The molecule has 0 spiro atoms. The molecule has 1 saturated heterocycles. The Kier molecular flexibility index (Phi) is 6.36. The number of rotatable bonds is 4. The van der Waals surface area contributed by atoms with Gasteiger partial charge in [0, 0.05) is 37.6 Å². The highest BCUT2D eigenvalue weighted by molar-refractivity contribution is 5.83. The van der Waals surface area contributed by atoms with Crippen molar-refractivity contribution in [3.8, 4) is 5.95 Å². The number of amides is 1. The highest BCUT2D eigenvalue weighted by atomic mass is 19.3. The van der Waals surface area contributed by atoms with Gasteiger partial charge in [0.2, 0.25) is 5.92 Å². The molecule has 1 N–H and O–H groups in total. The topological polar surface area (TPSA) is 91.2 Å². The van der Waals surface area contributed by atoms with Gasteiger partial charge in [0.1, 0.15) is 18.1 Å². The monoisotopic (exact) mass is 453 g/mol. The third kappa shape index (κ3) is 5.20. The number of hydrogen-bond acceptors (Lipinski definition) is 6. The Labute approximate surface area is 183 Å². The molecule has 32 heavy (non-hydrogen) atoms. The first-order valence-electron chi connectivity index (χ1n) is 10.7. The Bertz CT molecular complexity index is 974. The zero-order chi connectivity index (χ0) is 22.9. The zero-order valence-electron chi connectivity index (χ0n) is 18.0. The third-order valence-electron chi connectivity index (χ3n) is 5.75. The SMILES string of the molecule is Cc1cc(C)n(-c2nc(NC(=O)OC3CCC(F)(F)CC3)cc([C@H]3COCC[C@H]3F)n2)n1. The minimum Gasteiger partial charge on any atom is -0.446 e. The van der Waals surface area contributed by atoms with Gasteiger partial charge in [-0.2, -0.15) is 10.1 Å². The van der Waals surface area contributed by atoms with Gasteiger partial charge < -0.3 is 9.47 Å². The van der Waals surface area contributed by atoms with Crippen LogP contribution in [0.3, 0.4) is 0 Å². The van der Waals surface area contributed by atoms with Crippen LogP contribution >= 0.6 is 0 Å². The Balaban J connectivity index is 1.56. The Morgan fingerprint density at radius 3 is 2.62 bits per heavy atom. The number of halogens is 3. The van der Waals surface area contributed by atoms with Gasteiger partial charge in [-0.05, 0) is 32.8 Å². The number of hydrogen-bond donors (Lipinski definition) is 1. The molecule has 0 bridgehead atoms. The van der Waals surface area contributed by atoms with Crippen molar-refractivity contribution in [2.24, 2.45) is 0 Å². The summed E-state index contributed by atoms with van der Waals surface area (Å²) in [6, 6.07) is 3.33. The number of carbonyl (C=O) groups excluding carboxylic acids is 1. The lowest BCUT2D eigenvalue weighted by molar-refractivity contribution is -0.0642. The summed E-state index contributed by atoms with van der Waals surface area (Å²) in [4.78, 5) is 21.2. The summed E-state index contributed by atoms with van der Waals surface area (Å²) in [5, 5.41) is 6.90. The molecule has 2 atom stereocenters. The van der Waals surface area contributed by atoms with E-state index >= 15 is 0 Å². The van der Waals surface area contributed by atoms with Crippen molar-refractivity contribution in [2.75, 3.05) is 18.5 Å². The Hall–Kier alpha value is -2.69. The van der Waals surface area contributed by atoms with E-state index in [0.29, 0.717) is 12.3 Å². The van der Waals surface area contributed by atoms with Crippen molar-refractivity contribution in [1.82, 2.24) is 19.7 Å². The second kappa shape index (κ2) is 9.05. The number of alkyl halides is 3. The molecule has 3 heterocycles. The van der Waals surface area contributed by atoms with Crippen molar-refractivity contribution in [3.05, 3.63) is 29.2 Å². The molecule has 1 saturated carbocycles. The number of aromatic nitrogens is 4. The highest BCUT2D eigenvalue weighted by Gasteiger charge is 2.36. The van der Waals surface area contributed by atoms with Crippen LogP contribution in [0.4, 0.5) is 23.8 Å². The van der Waals surface area contributed by atoms with Crippen molar-refractivity contribution < 1.29 is 27.4 Å². The summed E-state index contributed by atoms with van der Waals surface area (Å²) in [6.45, 7) is 4.15. The maximum atomic E-state index is 14.6. The Morgan fingerprint density at radius 1 is 1.22 bits per heavy atom. The average Bonchev–Trinajstić information content (AvgIpc) is 3.07. The second-order valence-corrected chi connectivity index (χ2v) is 8.39. The summed E-state index contributed by atoms with van der Waals surface area (Å²) in [7, 11) is 0. The van der Waals surface area contributed by atoms with E-state index in [2.05, 4.69) is 20.4 Å². The van der Waals surface area contributed by atoms with Gasteiger partial charge in [0.15, 0.2) is 0 Å². The van der Waals surface area contributed by atoms with Gasteiger partial charge in [-0.3, -0.25) is 5.32 Å². The van der Waals surface area contributed by atoms with Crippen LogP contribution in [-0.2, 0) is 9.47 Å². The standard InChI is InChI=1S/C21H26F3N5O3/c1-12-9-13(2)29(28-12)19-25-17(15-11-31-8-5-16(15)22)10-18(26-19)27-20(30)32-14-3-6-21(23,24)7-4-14/h9-10,14-16H,3-8,11H2,1-2H3,(H,25,26,27,30)/t15-,16+/m0/s1. The molecule has 4 rings (SSSR count). The fourth-order valence-electron chi connectivity index (χ4n) is 4.03. The van der Waals surface area contributed by atoms with Crippen LogP contribution in [0.25, 0.3) is 5.95 Å². The number of nitrogens with one attached hydrogen (secondary N) is 1. The van der Waals surface area contributed by atoms with E-state index < -0.39 is 30.2 Å². The molecule has 2 aromatic rings. The van der Waals surface area contributed by atoms with E-state index in [1.165, 1.54) is 10.7 Å². The fraction of sp³-hybridized carbons (Fsp3) is 0.619. The minimum absolute atomic E-state index is 0.0927. The summed E-state index contributed by atoms with van der Waals surface area (Å²) >= 11 is 0. The maximum Gasteiger partial charge on any atom is 0.413 e. The first-order valence-corrected chi connectivity index (χ1v) is 10.7. The average molecular weight is 453 g/mol. The minimum atomic E-state index is -2.71. The normalized spacial score (nSPS) is 23.7. The largest absolute Gasteiger partial charge is 0.446 e. The van der Waals surface area contributed by atoms with E-state index in [1.54, 1.807) is 0 Å². The number of ether oxygens (including phenoxy) is 2. The molecular formula is C21H26F3N5O3. The van der Waals surface area contributed by atoms with Gasteiger partial charge in [-0.15, -0.1) is 0 Å². The summed E-state index contributed by atoms with van der Waals surface area (Å²) in [5.74, 6) is -3.03. The fourth-order valence-corrected chi connectivity index (χ4v) is 4.03. The lowest BCUT2D eigenvalue weighted by atomic mass is 9.94. The van der Waals surface area contributed by atoms with Crippen LogP contribution in [0.1, 0.15) is 55.1 Å². The van der Waals surface area contributed by atoms with Gasteiger partial charge in [0.25, 0.3) is 5.95 Å². The van der Waals surface area contributed by atoms with Crippen molar-refractivity contribution in [2.45, 2.75) is 70.1 Å². The van der Waals surface area contributed by atoms with Crippen molar-refractivity contribution in [3.63, 3.8) is 0 Å². The predicted octanol–water partition coefficient (Wildman–Crippen LogP) is 4.25. The van der Waals surface area contributed by atoms with Crippen LogP contribution in [0.5, 0.6) is 0 Å². The second-order valence-electron chi connectivity index (χ2n) is 8.39. The lowest BCUT2D eigenvalue weighted by Gasteiger charge is -2.28. The number of aryl methyl sites for hydroxylation is 2. The van der Waals surface area contributed by atoms with Crippen LogP contribution in [0, 0.1) is 13.8 Å². The lowest BCUT2D eigenvalue weighted by Crippen LogP contribution is -2.32. The van der Waals surface area contributed by atoms with Gasteiger partial charge in [-0.1, -0.05) is 0 Å². The van der Waals surface area contributed by atoms with Crippen molar-refractivity contribution >= 4 is 11.9 Å². The summed E-state index contributed by atoms with van der Waals surface area (Å²) < 4.78 is 53.5. The van der Waals surface area contributed by atoms with E-state index in [1.807, 2.05) is 19.9 Å². The molecular weight excluding hydrogens is 427 g/mol. The molecule has 8 nitrogen and oxygen atoms in total. The van der Waals surface area contributed by atoms with Gasteiger partial charge in [-0.25, -0.2) is 27.6 Å². The molecule has 0 aromatic carbocycles. The first kappa shape index (κ1) is 22.5. The van der Waals surface area contributed by atoms with Crippen LogP contribution in [-0.4, -0.2) is 57.3 Å². The number of anilines is 1. The summed E-state index contributed by atoms with van der Waals surface area (Å²) in [6.07, 6.45) is -2.73. The van der Waals surface area contributed by atoms with E-state index in [0.717, 1.165) is 11.4 Å². The molecule has 1 aliphatic heterocycles. The predicted molar refractivity (Wildman–Crippen MR) is 109 cm³/mol. The molecule has 11 heteroatoms. The molecule has 2 aromatic heterocycles. The van der Waals surface area contributed by atoms with E-state index in [9.17, 15) is 18.0 Å². The molecule has 1 aliphatic carbocycles. The van der Waals surface area contributed by atoms with Crippen molar-refractivity contribution in [1.29, 1.82) is 0 Å². The molecule has 174 valence electrons. The first-order chi connectivity index (χ1) is 15.2. The van der Waals surface area contributed by atoms with Gasteiger partial charge >= 0.3 is 6.09 Å². The van der Waals surface area contributed by atoms with E-state index in [4.69, 9.17) is 9.47 Å². The quantitative estimate of drug-likeness (QED) is 0.744. The van der Waals surface area contributed by atoms with Crippen LogP contribution in [0.15, 0.2) is 12.1 Å². The highest BCUT2D eigenvalue weighted by Crippen LogP contribution is 2.34. The molecule has 0 unspecified atom stereocenters. The molecule has 2 aliphatic rings. The number of nitrogens with zero attached hydrogens (tertiary/aromatic N) is 4. The number of carbonyl (C=O) groups is 1.